The van der Waals surface area contributed by atoms with Crippen LogP contribution in [0.1, 0.15) is 31.8 Å². The first-order chi connectivity index (χ1) is 14.9. The Kier molecular flexibility index (Phi) is 7.28. The van der Waals surface area contributed by atoms with E-state index in [1.807, 2.05) is 6.92 Å². The molecule has 0 saturated carbocycles. The summed E-state index contributed by atoms with van der Waals surface area (Å²) < 4.78 is 10.7. The molecule has 0 spiro atoms. The summed E-state index contributed by atoms with van der Waals surface area (Å²) in [7, 11) is 1.45. The number of rotatable bonds is 6. The fraction of sp³-hybridized carbons (Fsp3) is 0.0870. The zero-order chi connectivity index (χ0) is 22.4. The number of hydrogen-bond acceptors (Lipinski definition) is 5. The van der Waals surface area contributed by atoms with E-state index in [2.05, 4.69) is 10.5 Å². The van der Waals surface area contributed by atoms with E-state index < -0.39 is 11.9 Å². The molecule has 8 heteroatoms. The largest absolute Gasteiger partial charge is 0.493 e. The Morgan fingerprint density at radius 2 is 1.71 bits per heavy atom. The second-order valence-electron chi connectivity index (χ2n) is 6.46. The molecule has 3 aromatic carbocycles. The summed E-state index contributed by atoms with van der Waals surface area (Å²) in [6.07, 6.45) is 1.43. The number of hydrogen-bond donors (Lipinski definition) is 1. The van der Waals surface area contributed by atoms with Gasteiger partial charge in [0.25, 0.3) is 5.91 Å². The van der Waals surface area contributed by atoms with Gasteiger partial charge in [-0.25, -0.2) is 10.2 Å². The predicted octanol–water partition coefficient (Wildman–Crippen LogP) is 5.29. The molecule has 31 heavy (non-hydrogen) atoms. The monoisotopic (exact) mass is 456 g/mol. The first-order valence-electron chi connectivity index (χ1n) is 9.13. The molecule has 3 aromatic rings. The summed E-state index contributed by atoms with van der Waals surface area (Å²) in [6.45, 7) is 1.88. The molecule has 0 aliphatic heterocycles. The number of hydrazone groups is 1. The van der Waals surface area contributed by atoms with Gasteiger partial charge in [-0.3, -0.25) is 4.79 Å². The van der Waals surface area contributed by atoms with Crippen molar-refractivity contribution in [2.45, 2.75) is 6.92 Å². The topological polar surface area (TPSA) is 77.0 Å². The van der Waals surface area contributed by atoms with Crippen LogP contribution in [0.15, 0.2) is 65.8 Å². The first kappa shape index (κ1) is 22.3. The van der Waals surface area contributed by atoms with Crippen LogP contribution in [0.25, 0.3) is 0 Å². The lowest BCUT2D eigenvalue weighted by Crippen LogP contribution is -2.18. The van der Waals surface area contributed by atoms with E-state index in [0.29, 0.717) is 26.9 Å². The quantitative estimate of drug-likeness (QED) is 0.236. The van der Waals surface area contributed by atoms with Crippen LogP contribution in [0.2, 0.25) is 10.0 Å². The molecule has 1 N–H and O–H groups in total. The van der Waals surface area contributed by atoms with E-state index in [1.165, 1.54) is 13.3 Å². The van der Waals surface area contributed by atoms with Gasteiger partial charge in [0.05, 0.1) is 34.5 Å². The molecule has 0 aliphatic rings. The predicted molar refractivity (Wildman–Crippen MR) is 121 cm³/mol. The molecule has 0 heterocycles. The van der Waals surface area contributed by atoms with Gasteiger partial charge in [-0.1, -0.05) is 41.4 Å². The van der Waals surface area contributed by atoms with Crippen molar-refractivity contribution >= 4 is 41.3 Å². The van der Waals surface area contributed by atoms with E-state index in [0.717, 1.165) is 5.56 Å². The van der Waals surface area contributed by atoms with E-state index in [-0.39, 0.29) is 11.3 Å². The van der Waals surface area contributed by atoms with Crippen LogP contribution in [0, 0.1) is 6.92 Å². The van der Waals surface area contributed by atoms with Gasteiger partial charge in [0.15, 0.2) is 11.5 Å². The number of carbonyl (C=O) groups is 2. The van der Waals surface area contributed by atoms with E-state index in [4.69, 9.17) is 32.7 Å². The van der Waals surface area contributed by atoms with Crippen molar-refractivity contribution in [2.24, 2.45) is 5.10 Å². The summed E-state index contributed by atoms with van der Waals surface area (Å²) in [5.41, 5.74) is 4.56. The molecule has 3 rings (SSSR count). The molecule has 6 nitrogen and oxygen atoms in total. The molecule has 0 aliphatic carbocycles. The molecule has 158 valence electrons. The minimum absolute atomic E-state index is 0.222. The Labute approximate surface area is 189 Å². The number of nitrogens with zero attached hydrogens (tertiary/aromatic N) is 1. The highest BCUT2D eigenvalue weighted by atomic mass is 35.5. The zero-order valence-corrected chi connectivity index (χ0v) is 18.2. The molecular weight excluding hydrogens is 439 g/mol. The van der Waals surface area contributed by atoms with Gasteiger partial charge in [-0.15, -0.1) is 0 Å². The van der Waals surface area contributed by atoms with Gasteiger partial charge < -0.3 is 9.47 Å². The third kappa shape index (κ3) is 5.63. The Bertz CT molecular complexity index is 1160. The van der Waals surface area contributed by atoms with Crippen molar-refractivity contribution in [1.82, 2.24) is 5.43 Å². The fourth-order valence-corrected chi connectivity index (χ4v) is 3.19. The van der Waals surface area contributed by atoms with Gasteiger partial charge in [-0.05, 0) is 60.5 Å². The van der Waals surface area contributed by atoms with Crippen molar-refractivity contribution in [2.75, 3.05) is 7.11 Å². The van der Waals surface area contributed by atoms with Crippen LogP contribution >= 0.6 is 23.2 Å². The molecule has 0 aromatic heterocycles. The van der Waals surface area contributed by atoms with E-state index >= 15 is 0 Å². The van der Waals surface area contributed by atoms with Gasteiger partial charge in [0, 0.05) is 0 Å². The number of amides is 1. The van der Waals surface area contributed by atoms with Crippen molar-refractivity contribution in [3.63, 3.8) is 0 Å². The number of methoxy groups -OCH3 is 1. The second-order valence-corrected chi connectivity index (χ2v) is 7.28. The molecule has 0 unspecified atom stereocenters. The van der Waals surface area contributed by atoms with Gasteiger partial charge in [0.1, 0.15) is 0 Å². The molecular formula is C23H18Cl2N2O4. The maximum absolute atomic E-state index is 12.4. The minimum Gasteiger partial charge on any atom is -0.493 e. The smallest absolute Gasteiger partial charge is 0.345 e. The summed E-state index contributed by atoms with van der Waals surface area (Å²) in [5, 5.41) is 4.58. The number of carbonyl (C=O) groups excluding carboxylic acids is 2. The highest BCUT2D eigenvalue weighted by Crippen LogP contribution is 2.29. The van der Waals surface area contributed by atoms with E-state index in [1.54, 1.807) is 60.7 Å². The Hall–Kier alpha value is -3.35. The lowest BCUT2D eigenvalue weighted by atomic mass is 10.1. The van der Waals surface area contributed by atoms with Crippen LogP contribution in [-0.4, -0.2) is 25.2 Å². The van der Waals surface area contributed by atoms with Crippen molar-refractivity contribution in [3.8, 4) is 11.5 Å². The average Bonchev–Trinajstić information content (AvgIpc) is 2.74. The van der Waals surface area contributed by atoms with Crippen LogP contribution in [-0.2, 0) is 0 Å². The average molecular weight is 457 g/mol. The second kappa shape index (κ2) is 10.1. The van der Waals surface area contributed by atoms with E-state index in [9.17, 15) is 9.59 Å². The maximum atomic E-state index is 12.4. The number of ether oxygens (including phenoxy) is 2. The Balaban J connectivity index is 1.70. The van der Waals surface area contributed by atoms with Crippen molar-refractivity contribution < 1.29 is 19.1 Å². The number of esters is 1. The molecule has 0 saturated heterocycles. The maximum Gasteiger partial charge on any atom is 0.345 e. The van der Waals surface area contributed by atoms with Crippen LogP contribution in [0.3, 0.4) is 0 Å². The third-order valence-electron chi connectivity index (χ3n) is 4.23. The Morgan fingerprint density at radius 1 is 0.935 bits per heavy atom. The lowest BCUT2D eigenvalue weighted by Gasteiger charge is -2.10. The van der Waals surface area contributed by atoms with Gasteiger partial charge in [0.2, 0.25) is 0 Å². The third-order valence-corrected chi connectivity index (χ3v) is 4.88. The number of nitrogens with one attached hydrogen (secondary N) is 1. The van der Waals surface area contributed by atoms with Crippen molar-refractivity contribution in [3.05, 3.63) is 93.0 Å². The highest BCUT2D eigenvalue weighted by Gasteiger charge is 2.15. The highest BCUT2D eigenvalue weighted by molar-refractivity contribution is 6.34. The van der Waals surface area contributed by atoms with Gasteiger partial charge >= 0.3 is 5.97 Å². The van der Waals surface area contributed by atoms with Crippen LogP contribution < -0.4 is 14.9 Å². The van der Waals surface area contributed by atoms with Crippen molar-refractivity contribution in [1.29, 1.82) is 0 Å². The molecule has 0 bridgehead atoms. The first-order valence-corrected chi connectivity index (χ1v) is 9.89. The van der Waals surface area contributed by atoms with Crippen LogP contribution in [0.5, 0.6) is 11.5 Å². The molecule has 1 amide bonds. The minimum atomic E-state index is -0.604. The fourth-order valence-electron chi connectivity index (χ4n) is 2.66. The van der Waals surface area contributed by atoms with Crippen LogP contribution in [0.4, 0.5) is 0 Å². The lowest BCUT2D eigenvalue weighted by molar-refractivity contribution is 0.0729. The number of halogens is 2. The molecule has 0 radical (unpaired) electrons. The normalized spacial score (nSPS) is 10.7. The SMILES string of the molecule is COc1cc(C=NNC(=O)c2ccc(C)cc2Cl)ccc1OC(=O)c1ccccc1Cl. The summed E-state index contributed by atoms with van der Waals surface area (Å²) in [5.74, 6) is -0.497. The molecule has 0 atom stereocenters. The number of aryl methyl sites for hydroxylation is 1. The van der Waals surface area contributed by atoms with Gasteiger partial charge in [-0.2, -0.15) is 5.10 Å². The summed E-state index contributed by atoms with van der Waals surface area (Å²) >= 11 is 12.1. The zero-order valence-electron chi connectivity index (χ0n) is 16.7. The standard InChI is InChI=1S/C23H18Cl2N2O4/c1-14-7-9-16(19(25)11-14)22(28)27-26-13-15-8-10-20(21(12-15)30-2)31-23(29)17-5-3-4-6-18(17)24/h3-13H,1-2H3,(H,27,28). The molecule has 0 fully saturated rings. The summed E-state index contributed by atoms with van der Waals surface area (Å²) in [6, 6.07) is 16.5. The number of benzene rings is 3. The Morgan fingerprint density at radius 3 is 2.42 bits per heavy atom. The summed E-state index contributed by atoms with van der Waals surface area (Å²) in [4.78, 5) is 24.6.